The summed E-state index contributed by atoms with van der Waals surface area (Å²) in [6.07, 6.45) is 0. The maximum absolute atomic E-state index is 2.49. The lowest BCUT2D eigenvalue weighted by atomic mass is 9.79. The van der Waals surface area contributed by atoms with Gasteiger partial charge >= 0.3 is 0 Å². The monoisotopic (exact) mass is 570 g/mol. The minimum atomic E-state index is -0.0705. The van der Waals surface area contributed by atoms with E-state index in [-0.39, 0.29) is 5.41 Å². The van der Waals surface area contributed by atoms with Gasteiger partial charge in [0.05, 0.1) is 0 Å². The Hall–Kier alpha value is -4.46. The number of hydrogen-bond acceptors (Lipinski definition) is 1. The Morgan fingerprint density at radius 3 is 1.60 bits per heavy atom. The van der Waals surface area contributed by atoms with Gasteiger partial charge in [0.1, 0.15) is 0 Å². The number of benzene rings is 6. The molecule has 0 atom stereocenters. The molecule has 0 saturated heterocycles. The molecule has 1 aromatic heterocycles. The lowest BCUT2D eigenvalue weighted by Gasteiger charge is -2.24. The van der Waals surface area contributed by atoms with Crippen LogP contribution in [0.5, 0.6) is 0 Å². The van der Waals surface area contributed by atoms with Gasteiger partial charge in [0.25, 0.3) is 0 Å². The van der Waals surface area contributed by atoms with Crippen LogP contribution in [0.3, 0.4) is 0 Å². The van der Waals surface area contributed by atoms with E-state index in [9.17, 15) is 0 Å². The standard InChI is InChI=1S/C42H34S/c1-25-21-26(2)23-30(22-25)38-33-17-11-9-15-31(33)37(32-16-10-12-18-34(32)38)29-19-20-35-36(24-29)42(4,5)39-27(3)40(43-41(35)39)28-13-7-6-8-14-28/h6-24H,1-5H3. The minimum Gasteiger partial charge on any atom is -0.135 e. The summed E-state index contributed by atoms with van der Waals surface area (Å²) in [6, 6.07) is 43.0. The van der Waals surface area contributed by atoms with E-state index < -0.39 is 0 Å². The molecule has 208 valence electrons. The van der Waals surface area contributed by atoms with Crippen LogP contribution in [0.25, 0.3) is 64.7 Å². The summed E-state index contributed by atoms with van der Waals surface area (Å²) in [5.74, 6) is 0. The van der Waals surface area contributed by atoms with Crippen molar-refractivity contribution in [3.8, 4) is 43.1 Å². The third kappa shape index (κ3) is 3.88. The smallest absolute Gasteiger partial charge is 0.0396 e. The number of fused-ring (bicyclic) bond motifs is 5. The Morgan fingerprint density at radius 1 is 0.488 bits per heavy atom. The van der Waals surface area contributed by atoms with Gasteiger partial charge in [0.2, 0.25) is 0 Å². The van der Waals surface area contributed by atoms with Gasteiger partial charge in [-0.05, 0) is 98.5 Å². The Labute approximate surface area is 258 Å². The lowest BCUT2D eigenvalue weighted by Crippen LogP contribution is -2.16. The Kier molecular flexibility index (Phi) is 5.80. The predicted molar refractivity (Wildman–Crippen MR) is 187 cm³/mol. The normalized spacial score (nSPS) is 13.4. The molecule has 6 aromatic carbocycles. The number of aryl methyl sites for hydroxylation is 2. The second-order valence-electron chi connectivity index (χ2n) is 12.7. The highest BCUT2D eigenvalue weighted by atomic mass is 32.1. The Balaban J connectivity index is 1.38. The molecule has 0 radical (unpaired) electrons. The first-order chi connectivity index (χ1) is 20.8. The molecular weight excluding hydrogens is 537 g/mol. The van der Waals surface area contributed by atoms with Crippen LogP contribution >= 0.6 is 11.3 Å². The summed E-state index contributed by atoms with van der Waals surface area (Å²) < 4.78 is 0. The summed E-state index contributed by atoms with van der Waals surface area (Å²) in [4.78, 5) is 2.83. The molecule has 1 heteroatoms. The zero-order valence-electron chi connectivity index (χ0n) is 25.4. The molecule has 0 saturated carbocycles. The summed E-state index contributed by atoms with van der Waals surface area (Å²) >= 11 is 1.96. The van der Waals surface area contributed by atoms with Crippen LogP contribution in [0, 0.1) is 20.8 Å². The second kappa shape index (κ2) is 9.53. The topological polar surface area (TPSA) is 0 Å². The zero-order valence-corrected chi connectivity index (χ0v) is 26.2. The van der Waals surface area contributed by atoms with Gasteiger partial charge in [0, 0.05) is 15.2 Å². The summed E-state index contributed by atoms with van der Waals surface area (Å²) in [6.45, 7) is 11.5. The Morgan fingerprint density at radius 2 is 1.02 bits per heavy atom. The van der Waals surface area contributed by atoms with Crippen LogP contribution in [0.2, 0.25) is 0 Å². The fourth-order valence-electron chi connectivity index (χ4n) is 7.74. The average Bonchev–Trinajstić information content (AvgIpc) is 3.47. The molecule has 0 unspecified atom stereocenters. The maximum Gasteiger partial charge on any atom is 0.0396 e. The van der Waals surface area contributed by atoms with Crippen molar-refractivity contribution >= 4 is 32.9 Å². The predicted octanol–water partition coefficient (Wildman–Crippen LogP) is 12.3. The molecule has 7 aromatic rings. The molecule has 1 aliphatic rings. The van der Waals surface area contributed by atoms with Crippen LogP contribution in [0.15, 0.2) is 115 Å². The fraction of sp³-hybridized carbons (Fsp3) is 0.143. The minimum absolute atomic E-state index is 0.0705. The first-order valence-electron chi connectivity index (χ1n) is 15.2. The average molecular weight is 571 g/mol. The van der Waals surface area contributed by atoms with Crippen molar-refractivity contribution in [2.45, 2.75) is 40.0 Å². The molecule has 0 aliphatic heterocycles. The summed E-state index contributed by atoms with van der Waals surface area (Å²) in [5, 5.41) is 5.23. The quantitative estimate of drug-likeness (QED) is 0.185. The van der Waals surface area contributed by atoms with Gasteiger partial charge in [-0.1, -0.05) is 134 Å². The molecule has 0 nitrogen and oxygen atoms in total. The maximum atomic E-state index is 2.49. The number of thiophene rings is 1. The molecule has 0 N–H and O–H groups in total. The third-order valence-corrected chi connectivity index (χ3v) is 10.8. The van der Waals surface area contributed by atoms with Crippen LogP contribution in [-0.2, 0) is 5.41 Å². The Bertz CT molecular complexity index is 2150. The van der Waals surface area contributed by atoms with Crippen molar-refractivity contribution in [3.63, 3.8) is 0 Å². The van der Waals surface area contributed by atoms with Crippen LogP contribution in [0.1, 0.15) is 41.7 Å². The first kappa shape index (κ1) is 26.2. The summed E-state index contributed by atoms with van der Waals surface area (Å²) in [7, 11) is 0. The van der Waals surface area contributed by atoms with Crippen LogP contribution in [0.4, 0.5) is 0 Å². The van der Waals surface area contributed by atoms with E-state index in [4.69, 9.17) is 0 Å². The second-order valence-corrected chi connectivity index (χ2v) is 13.7. The number of rotatable bonds is 3. The molecule has 8 rings (SSSR count). The highest BCUT2D eigenvalue weighted by Gasteiger charge is 2.40. The molecule has 0 bridgehead atoms. The van der Waals surface area contributed by atoms with Crippen molar-refractivity contribution in [1.82, 2.24) is 0 Å². The molecule has 0 amide bonds. The molecule has 0 fully saturated rings. The van der Waals surface area contributed by atoms with Crippen LogP contribution < -0.4 is 0 Å². The van der Waals surface area contributed by atoms with Crippen molar-refractivity contribution in [3.05, 3.63) is 143 Å². The molecular formula is C42H34S. The van der Waals surface area contributed by atoms with E-state index in [1.807, 2.05) is 11.3 Å². The SMILES string of the molecule is Cc1cc(C)cc(-c2c3ccccc3c(-c3ccc4c(c3)C(C)(C)c3c-4sc(-c4ccccc4)c3C)c3ccccc23)c1. The zero-order chi connectivity index (χ0) is 29.5. The largest absolute Gasteiger partial charge is 0.135 e. The van der Waals surface area contributed by atoms with Crippen molar-refractivity contribution in [1.29, 1.82) is 0 Å². The molecule has 43 heavy (non-hydrogen) atoms. The van der Waals surface area contributed by atoms with Crippen molar-refractivity contribution in [2.75, 3.05) is 0 Å². The highest BCUT2D eigenvalue weighted by molar-refractivity contribution is 7.19. The fourth-order valence-corrected chi connectivity index (χ4v) is 9.25. The van der Waals surface area contributed by atoms with E-state index in [1.165, 1.54) is 92.5 Å². The summed E-state index contributed by atoms with van der Waals surface area (Å²) in [5.41, 5.74) is 14.8. The van der Waals surface area contributed by atoms with Gasteiger partial charge < -0.3 is 0 Å². The van der Waals surface area contributed by atoms with Crippen LogP contribution in [-0.4, -0.2) is 0 Å². The van der Waals surface area contributed by atoms with Gasteiger partial charge in [-0.15, -0.1) is 11.3 Å². The van der Waals surface area contributed by atoms with Crippen molar-refractivity contribution < 1.29 is 0 Å². The highest BCUT2D eigenvalue weighted by Crippen LogP contribution is 2.57. The van der Waals surface area contributed by atoms with Gasteiger partial charge in [0.15, 0.2) is 0 Å². The van der Waals surface area contributed by atoms with Gasteiger partial charge in [-0.3, -0.25) is 0 Å². The third-order valence-electron chi connectivity index (χ3n) is 9.48. The van der Waals surface area contributed by atoms with E-state index in [0.29, 0.717) is 0 Å². The van der Waals surface area contributed by atoms with E-state index in [2.05, 4.69) is 150 Å². The van der Waals surface area contributed by atoms with E-state index in [0.717, 1.165) is 0 Å². The van der Waals surface area contributed by atoms with Gasteiger partial charge in [-0.2, -0.15) is 0 Å². The number of hydrogen-bond donors (Lipinski definition) is 0. The molecule has 1 aliphatic carbocycles. The lowest BCUT2D eigenvalue weighted by molar-refractivity contribution is 0.658. The molecule has 0 spiro atoms. The van der Waals surface area contributed by atoms with E-state index >= 15 is 0 Å². The van der Waals surface area contributed by atoms with E-state index in [1.54, 1.807) is 0 Å². The first-order valence-corrected chi connectivity index (χ1v) is 16.0. The molecule has 1 heterocycles. The van der Waals surface area contributed by atoms with Crippen molar-refractivity contribution in [2.24, 2.45) is 0 Å². The van der Waals surface area contributed by atoms with Gasteiger partial charge in [-0.25, -0.2) is 0 Å².